The molecule has 0 N–H and O–H groups in total. The smallest absolute Gasteiger partial charge is 0.164 e. The standard InChI is InChI=1S/C51H29N3OS2/c1-2-10-30(11-3-1)49-52-50(33-19-22-38-37-14-6-8-16-43(37)55-44(38)27-33)54-51(53-49)34-20-24-41-42-26-31(21-25-46(42)57-48(41)29-34)35-12-4-5-13-36(35)32-18-23-40-39-15-7-9-17-45(39)56-47(40)28-32/h1-29H. The highest BCUT2D eigenvalue weighted by molar-refractivity contribution is 7.26. The lowest BCUT2D eigenvalue weighted by Crippen LogP contribution is -2.00. The zero-order chi connectivity index (χ0) is 37.5. The second-order valence-electron chi connectivity index (χ2n) is 14.4. The number of hydrogen-bond donors (Lipinski definition) is 0. The van der Waals surface area contributed by atoms with Crippen molar-refractivity contribution < 1.29 is 4.42 Å². The molecule has 4 nitrogen and oxygen atoms in total. The zero-order valence-corrected chi connectivity index (χ0v) is 31.9. The number of furan rings is 1. The van der Waals surface area contributed by atoms with Gasteiger partial charge in [-0.05, 0) is 70.8 Å². The van der Waals surface area contributed by atoms with Gasteiger partial charge >= 0.3 is 0 Å². The minimum atomic E-state index is 0.604. The zero-order valence-electron chi connectivity index (χ0n) is 30.3. The molecule has 266 valence electrons. The molecule has 0 saturated carbocycles. The summed E-state index contributed by atoms with van der Waals surface area (Å²) >= 11 is 3.66. The Labute approximate surface area is 335 Å². The highest BCUT2D eigenvalue weighted by atomic mass is 32.1. The molecular weight excluding hydrogens is 735 g/mol. The molecule has 0 aliphatic heterocycles. The first-order valence-corrected chi connectivity index (χ1v) is 20.5. The van der Waals surface area contributed by atoms with E-state index in [1.54, 1.807) is 11.3 Å². The van der Waals surface area contributed by atoms with Crippen LogP contribution < -0.4 is 0 Å². The summed E-state index contributed by atoms with van der Waals surface area (Å²) in [5.41, 5.74) is 9.32. The van der Waals surface area contributed by atoms with Gasteiger partial charge in [-0.1, -0.05) is 127 Å². The van der Waals surface area contributed by atoms with Crippen LogP contribution in [0.15, 0.2) is 180 Å². The number of thiophene rings is 2. The lowest BCUT2D eigenvalue weighted by molar-refractivity contribution is 0.669. The summed E-state index contributed by atoms with van der Waals surface area (Å²) < 4.78 is 11.3. The Balaban J connectivity index is 0.951. The van der Waals surface area contributed by atoms with Crippen LogP contribution in [-0.2, 0) is 0 Å². The third-order valence-electron chi connectivity index (χ3n) is 11.0. The van der Waals surface area contributed by atoms with Gasteiger partial charge in [0.1, 0.15) is 11.2 Å². The summed E-state index contributed by atoms with van der Waals surface area (Å²) in [6.45, 7) is 0. The van der Waals surface area contributed by atoms with E-state index in [-0.39, 0.29) is 0 Å². The van der Waals surface area contributed by atoms with Gasteiger partial charge in [-0.25, -0.2) is 15.0 Å². The average molecular weight is 764 g/mol. The van der Waals surface area contributed by atoms with Crippen molar-refractivity contribution in [1.82, 2.24) is 15.0 Å². The van der Waals surface area contributed by atoms with E-state index in [0.29, 0.717) is 17.5 Å². The molecule has 0 aliphatic carbocycles. The number of hydrogen-bond acceptors (Lipinski definition) is 6. The van der Waals surface area contributed by atoms with Crippen LogP contribution in [0.5, 0.6) is 0 Å². The van der Waals surface area contributed by atoms with Crippen LogP contribution in [0.1, 0.15) is 0 Å². The van der Waals surface area contributed by atoms with E-state index in [1.807, 2.05) is 65.9 Å². The molecule has 4 aromatic heterocycles. The fraction of sp³-hybridized carbons (Fsp3) is 0. The van der Waals surface area contributed by atoms with E-state index >= 15 is 0 Å². The van der Waals surface area contributed by atoms with Gasteiger partial charge in [0.15, 0.2) is 17.5 Å². The predicted octanol–water partition coefficient (Wildman–Crippen LogP) is 14.8. The number of nitrogens with zero attached hydrogens (tertiary/aromatic N) is 3. The van der Waals surface area contributed by atoms with Crippen LogP contribution in [0.4, 0.5) is 0 Å². The van der Waals surface area contributed by atoms with E-state index in [9.17, 15) is 0 Å². The summed E-state index contributed by atoms with van der Waals surface area (Å²) in [5, 5.41) is 7.27. The molecule has 0 fully saturated rings. The molecule has 12 rings (SSSR count). The Morgan fingerprint density at radius 2 is 0.789 bits per heavy atom. The number of rotatable bonds is 5. The minimum Gasteiger partial charge on any atom is -0.456 e. The molecule has 8 aromatic carbocycles. The third-order valence-corrected chi connectivity index (χ3v) is 13.2. The fourth-order valence-corrected chi connectivity index (χ4v) is 10.5. The first-order valence-electron chi connectivity index (χ1n) is 18.9. The highest BCUT2D eigenvalue weighted by Gasteiger charge is 2.17. The van der Waals surface area contributed by atoms with Gasteiger partial charge in [-0.2, -0.15) is 0 Å². The Morgan fingerprint density at radius 3 is 1.56 bits per heavy atom. The number of fused-ring (bicyclic) bond motifs is 9. The van der Waals surface area contributed by atoms with Gasteiger partial charge in [0.2, 0.25) is 0 Å². The largest absolute Gasteiger partial charge is 0.456 e. The van der Waals surface area contributed by atoms with Gasteiger partial charge in [-0.3, -0.25) is 0 Å². The summed E-state index contributed by atoms with van der Waals surface area (Å²) in [5.74, 6) is 1.87. The maximum atomic E-state index is 6.24. The lowest BCUT2D eigenvalue weighted by Gasteiger charge is -2.11. The van der Waals surface area contributed by atoms with E-state index in [0.717, 1.165) is 38.6 Å². The van der Waals surface area contributed by atoms with Crippen molar-refractivity contribution in [3.05, 3.63) is 176 Å². The van der Waals surface area contributed by atoms with Crippen LogP contribution in [0.3, 0.4) is 0 Å². The second-order valence-corrected chi connectivity index (χ2v) is 16.5. The minimum absolute atomic E-state index is 0.604. The monoisotopic (exact) mass is 763 g/mol. The average Bonchev–Trinajstić information content (AvgIpc) is 3.96. The SMILES string of the molecule is c1ccc(-c2nc(-c3ccc4c(c3)oc3ccccc34)nc(-c3ccc4c(c3)sc3ccc(-c5ccccc5-c5ccc6c(c5)sc5ccccc56)cc34)n2)cc1. The normalized spacial score (nSPS) is 11.9. The molecule has 0 aliphatic rings. The van der Waals surface area contributed by atoms with Crippen LogP contribution in [-0.4, -0.2) is 15.0 Å². The van der Waals surface area contributed by atoms with Gasteiger partial charge in [-0.15, -0.1) is 22.7 Å². The van der Waals surface area contributed by atoms with Gasteiger partial charge in [0.25, 0.3) is 0 Å². The molecule has 4 heterocycles. The topological polar surface area (TPSA) is 51.8 Å². The number of benzene rings is 8. The number of aromatic nitrogens is 3. The van der Waals surface area contributed by atoms with Gasteiger partial charge < -0.3 is 4.42 Å². The van der Waals surface area contributed by atoms with Crippen LogP contribution in [0.25, 0.3) is 119 Å². The molecule has 6 heteroatoms. The summed E-state index contributed by atoms with van der Waals surface area (Å²) in [6, 6.07) is 62.3. The van der Waals surface area contributed by atoms with E-state index in [1.165, 1.54) is 62.6 Å². The van der Waals surface area contributed by atoms with Crippen molar-refractivity contribution in [3.8, 4) is 56.4 Å². The molecule has 0 unspecified atom stereocenters. The van der Waals surface area contributed by atoms with Crippen molar-refractivity contribution in [2.75, 3.05) is 0 Å². The quantitative estimate of drug-likeness (QED) is 0.175. The molecule has 0 spiro atoms. The third kappa shape index (κ3) is 5.37. The maximum Gasteiger partial charge on any atom is 0.164 e. The van der Waals surface area contributed by atoms with Crippen LogP contribution >= 0.6 is 22.7 Å². The second kappa shape index (κ2) is 12.8. The molecule has 0 radical (unpaired) electrons. The van der Waals surface area contributed by atoms with Crippen molar-refractivity contribution in [2.24, 2.45) is 0 Å². The maximum absolute atomic E-state index is 6.24. The molecule has 12 aromatic rings. The van der Waals surface area contributed by atoms with E-state index in [2.05, 4.69) is 121 Å². The fourth-order valence-electron chi connectivity index (χ4n) is 8.18. The summed E-state index contributed by atoms with van der Waals surface area (Å²) in [4.78, 5) is 15.1. The van der Waals surface area contributed by atoms with Crippen molar-refractivity contribution in [1.29, 1.82) is 0 Å². The Kier molecular flexibility index (Phi) is 7.24. The van der Waals surface area contributed by atoms with E-state index in [4.69, 9.17) is 19.4 Å². The Hall–Kier alpha value is -6.99. The Morgan fingerprint density at radius 1 is 0.298 bits per heavy atom. The summed E-state index contributed by atoms with van der Waals surface area (Å²) in [7, 11) is 0. The molecule has 57 heavy (non-hydrogen) atoms. The Bertz CT molecular complexity index is 3540. The van der Waals surface area contributed by atoms with Crippen molar-refractivity contribution in [2.45, 2.75) is 0 Å². The van der Waals surface area contributed by atoms with Crippen LogP contribution in [0, 0.1) is 0 Å². The molecule has 0 atom stereocenters. The van der Waals surface area contributed by atoms with Gasteiger partial charge in [0.05, 0.1) is 0 Å². The molecular formula is C51H29N3OS2. The first kappa shape index (κ1) is 32.3. The molecule has 0 amide bonds. The lowest BCUT2D eigenvalue weighted by atomic mass is 9.93. The first-order chi connectivity index (χ1) is 28.2. The van der Waals surface area contributed by atoms with Gasteiger partial charge in [0, 0.05) is 67.8 Å². The van der Waals surface area contributed by atoms with Crippen molar-refractivity contribution >= 4 is 85.0 Å². The molecule has 0 saturated heterocycles. The van der Waals surface area contributed by atoms with E-state index < -0.39 is 0 Å². The summed E-state index contributed by atoms with van der Waals surface area (Å²) in [6.07, 6.45) is 0. The number of para-hydroxylation sites is 1. The van der Waals surface area contributed by atoms with Crippen molar-refractivity contribution in [3.63, 3.8) is 0 Å². The highest BCUT2D eigenvalue weighted by Crippen LogP contribution is 2.42. The van der Waals surface area contributed by atoms with Crippen LogP contribution in [0.2, 0.25) is 0 Å². The predicted molar refractivity (Wildman–Crippen MR) is 240 cm³/mol. The molecule has 0 bridgehead atoms.